The molecule has 2 heterocycles. The number of nitrogens with two attached hydrogens (primary N) is 1. The van der Waals surface area contributed by atoms with Crippen LogP contribution in [0.5, 0.6) is 0 Å². The number of rotatable bonds is 1. The van der Waals surface area contributed by atoms with E-state index in [4.69, 9.17) is 5.73 Å². The van der Waals surface area contributed by atoms with Crippen molar-refractivity contribution in [3.05, 3.63) is 41.9 Å². The van der Waals surface area contributed by atoms with Crippen LogP contribution in [0.4, 0.5) is 5.82 Å². The first-order valence-electron chi connectivity index (χ1n) is 5.70. The minimum Gasteiger partial charge on any atom is -0.383 e. The number of anilines is 1. The molecule has 0 bridgehead atoms. The Labute approximate surface area is 104 Å². The maximum absolute atomic E-state index is 6.19. The predicted molar refractivity (Wildman–Crippen MR) is 70.1 cm³/mol. The Balaban J connectivity index is 2.39. The summed E-state index contributed by atoms with van der Waals surface area (Å²) < 4.78 is 1.56. The smallest absolute Gasteiger partial charge is 0.254 e. The molecule has 0 radical (unpaired) electrons. The van der Waals surface area contributed by atoms with E-state index >= 15 is 0 Å². The number of benzene rings is 1. The average Bonchev–Trinajstić information content (AvgIpc) is 2.79. The summed E-state index contributed by atoms with van der Waals surface area (Å²) in [6, 6.07) is 8.09. The van der Waals surface area contributed by atoms with Crippen molar-refractivity contribution in [1.29, 1.82) is 0 Å². The van der Waals surface area contributed by atoms with Gasteiger partial charge < -0.3 is 5.73 Å². The predicted octanol–water partition coefficient (Wildman–Crippen LogP) is 1.99. The fraction of sp³-hybridized carbons (Fsp3) is 0.154. The van der Waals surface area contributed by atoms with Gasteiger partial charge in [-0.2, -0.15) is 14.6 Å². The van der Waals surface area contributed by atoms with Gasteiger partial charge in [0.1, 0.15) is 12.1 Å². The number of nitrogens with zero attached hydrogens (tertiary/aromatic N) is 4. The number of aryl methyl sites for hydroxylation is 2. The Bertz CT molecular complexity index is 729. The highest BCUT2D eigenvalue weighted by atomic mass is 15.3. The van der Waals surface area contributed by atoms with Crippen LogP contribution >= 0.6 is 0 Å². The quantitative estimate of drug-likeness (QED) is 0.705. The molecule has 0 aliphatic heterocycles. The van der Waals surface area contributed by atoms with Gasteiger partial charge in [-0.25, -0.2) is 4.98 Å². The van der Waals surface area contributed by atoms with Gasteiger partial charge >= 0.3 is 0 Å². The van der Waals surface area contributed by atoms with E-state index in [0.717, 1.165) is 22.4 Å². The van der Waals surface area contributed by atoms with Crippen molar-refractivity contribution in [2.45, 2.75) is 13.8 Å². The Kier molecular flexibility index (Phi) is 2.26. The summed E-state index contributed by atoms with van der Waals surface area (Å²) in [6.45, 7) is 3.99. The van der Waals surface area contributed by atoms with E-state index in [0.29, 0.717) is 11.6 Å². The molecule has 0 saturated carbocycles. The van der Waals surface area contributed by atoms with Crippen LogP contribution in [0.15, 0.2) is 30.6 Å². The van der Waals surface area contributed by atoms with Crippen LogP contribution in [0.1, 0.15) is 11.3 Å². The Morgan fingerprint density at radius 2 is 1.94 bits per heavy atom. The van der Waals surface area contributed by atoms with Gasteiger partial charge in [-0.3, -0.25) is 0 Å². The van der Waals surface area contributed by atoms with E-state index in [1.165, 1.54) is 6.33 Å². The molecule has 3 aromatic rings. The van der Waals surface area contributed by atoms with Gasteiger partial charge in [0.05, 0.1) is 5.69 Å². The molecule has 2 N–H and O–H groups in total. The minimum absolute atomic E-state index is 0.530. The molecule has 0 unspecified atom stereocenters. The molecule has 0 aliphatic carbocycles. The zero-order valence-electron chi connectivity index (χ0n) is 10.3. The van der Waals surface area contributed by atoms with Crippen LogP contribution in [0.25, 0.3) is 16.9 Å². The zero-order valence-corrected chi connectivity index (χ0v) is 10.3. The molecule has 0 atom stereocenters. The van der Waals surface area contributed by atoms with Gasteiger partial charge in [0, 0.05) is 5.56 Å². The Morgan fingerprint density at radius 3 is 2.72 bits per heavy atom. The summed E-state index contributed by atoms with van der Waals surface area (Å²) >= 11 is 0. The highest BCUT2D eigenvalue weighted by Crippen LogP contribution is 2.30. The van der Waals surface area contributed by atoms with E-state index < -0.39 is 0 Å². The molecule has 1 aromatic carbocycles. The van der Waals surface area contributed by atoms with Crippen LogP contribution in [0.3, 0.4) is 0 Å². The van der Waals surface area contributed by atoms with E-state index in [1.54, 1.807) is 4.52 Å². The Morgan fingerprint density at radius 1 is 1.17 bits per heavy atom. The molecular formula is C13H13N5. The monoisotopic (exact) mass is 239 g/mol. The lowest BCUT2D eigenvalue weighted by Crippen LogP contribution is -2.06. The summed E-state index contributed by atoms with van der Waals surface area (Å²) in [5.74, 6) is 1.10. The number of aromatic nitrogens is 4. The summed E-state index contributed by atoms with van der Waals surface area (Å²) in [5, 5.41) is 4.09. The van der Waals surface area contributed by atoms with Crippen molar-refractivity contribution in [2.24, 2.45) is 0 Å². The SMILES string of the molecule is Cc1ccccc1-c1c(C)nc2ncnn2c1N. The molecule has 2 aromatic heterocycles. The largest absolute Gasteiger partial charge is 0.383 e. The van der Waals surface area contributed by atoms with Crippen LogP contribution in [0.2, 0.25) is 0 Å². The van der Waals surface area contributed by atoms with Gasteiger partial charge in [-0.05, 0) is 25.0 Å². The summed E-state index contributed by atoms with van der Waals surface area (Å²) in [6.07, 6.45) is 1.46. The number of fused-ring (bicyclic) bond motifs is 1. The molecule has 5 nitrogen and oxygen atoms in total. The molecule has 5 heteroatoms. The lowest BCUT2D eigenvalue weighted by Gasteiger charge is -2.12. The fourth-order valence-electron chi connectivity index (χ4n) is 2.17. The van der Waals surface area contributed by atoms with Crippen molar-refractivity contribution < 1.29 is 0 Å². The molecule has 3 rings (SSSR count). The molecule has 0 fully saturated rings. The van der Waals surface area contributed by atoms with Gasteiger partial charge in [-0.1, -0.05) is 24.3 Å². The van der Waals surface area contributed by atoms with Gasteiger partial charge in [0.2, 0.25) is 0 Å². The topological polar surface area (TPSA) is 69.1 Å². The second kappa shape index (κ2) is 3.80. The summed E-state index contributed by atoms with van der Waals surface area (Å²) in [5.41, 5.74) is 10.2. The number of nitrogen functional groups attached to an aromatic ring is 1. The normalized spacial score (nSPS) is 11.0. The van der Waals surface area contributed by atoms with Crippen LogP contribution in [-0.4, -0.2) is 19.6 Å². The van der Waals surface area contributed by atoms with E-state index in [-0.39, 0.29) is 0 Å². The minimum atomic E-state index is 0.530. The Hall–Kier alpha value is -2.43. The second-order valence-electron chi connectivity index (χ2n) is 4.24. The van der Waals surface area contributed by atoms with Crippen molar-refractivity contribution in [3.8, 4) is 11.1 Å². The third kappa shape index (κ3) is 1.44. The summed E-state index contributed by atoms with van der Waals surface area (Å²) in [7, 11) is 0. The average molecular weight is 239 g/mol. The maximum Gasteiger partial charge on any atom is 0.254 e. The fourth-order valence-corrected chi connectivity index (χ4v) is 2.17. The first kappa shape index (κ1) is 10.7. The summed E-state index contributed by atoms with van der Waals surface area (Å²) in [4.78, 5) is 8.48. The van der Waals surface area contributed by atoms with Gasteiger partial charge in [-0.15, -0.1) is 0 Å². The number of hydrogen-bond acceptors (Lipinski definition) is 4. The molecule has 0 spiro atoms. The molecular weight excluding hydrogens is 226 g/mol. The van der Waals surface area contributed by atoms with E-state index in [2.05, 4.69) is 28.1 Å². The molecule has 18 heavy (non-hydrogen) atoms. The number of hydrogen-bond donors (Lipinski definition) is 1. The van der Waals surface area contributed by atoms with E-state index in [9.17, 15) is 0 Å². The van der Waals surface area contributed by atoms with Crippen LogP contribution < -0.4 is 5.73 Å². The molecule has 0 saturated heterocycles. The lowest BCUT2D eigenvalue weighted by molar-refractivity contribution is 0.944. The molecule has 0 aliphatic rings. The van der Waals surface area contributed by atoms with Crippen LogP contribution in [0, 0.1) is 13.8 Å². The highest BCUT2D eigenvalue weighted by Gasteiger charge is 2.14. The first-order chi connectivity index (χ1) is 8.68. The molecule has 90 valence electrons. The third-order valence-electron chi connectivity index (χ3n) is 3.06. The highest BCUT2D eigenvalue weighted by molar-refractivity contribution is 5.79. The molecule has 0 amide bonds. The first-order valence-corrected chi connectivity index (χ1v) is 5.70. The lowest BCUT2D eigenvalue weighted by atomic mass is 10.00. The van der Waals surface area contributed by atoms with E-state index in [1.807, 2.05) is 25.1 Å². The van der Waals surface area contributed by atoms with Crippen molar-refractivity contribution in [3.63, 3.8) is 0 Å². The van der Waals surface area contributed by atoms with Crippen molar-refractivity contribution in [2.75, 3.05) is 5.73 Å². The van der Waals surface area contributed by atoms with Crippen LogP contribution in [-0.2, 0) is 0 Å². The maximum atomic E-state index is 6.19. The third-order valence-corrected chi connectivity index (χ3v) is 3.06. The van der Waals surface area contributed by atoms with Gasteiger partial charge in [0.15, 0.2) is 0 Å². The van der Waals surface area contributed by atoms with Gasteiger partial charge in [0.25, 0.3) is 5.78 Å². The van der Waals surface area contributed by atoms with Crippen molar-refractivity contribution in [1.82, 2.24) is 19.6 Å². The zero-order chi connectivity index (χ0) is 12.7. The van der Waals surface area contributed by atoms with Crippen molar-refractivity contribution >= 4 is 11.6 Å². The standard InChI is InChI=1S/C13H13N5/c1-8-5-3-4-6-10(8)11-9(2)17-13-15-7-16-18(13)12(11)14/h3-7H,14H2,1-2H3. The second-order valence-corrected chi connectivity index (χ2v) is 4.24.